The molecule has 0 amide bonds. The van der Waals surface area contributed by atoms with Gasteiger partial charge in [-0.3, -0.25) is 0 Å². The van der Waals surface area contributed by atoms with E-state index < -0.39 is 11.7 Å². The van der Waals surface area contributed by atoms with Crippen LogP contribution in [0.4, 0.5) is 0 Å². The minimum atomic E-state index is -1.23. The van der Waals surface area contributed by atoms with Crippen LogP contribution in [-0.2, 0) is 6.42 Å². The molecule has 0 saturated heterocycles. The molecule has 0 spiro atoms. The lowest BCUT2D eigenvalue weighted by atomic mass is 10.0. The van der Waals surface area contributed by atoms with Gasteiger partial charge < -0.3 is 14.9 Å². The highest BCUT2D eigenvalue weighted by Gasteiger charge is 2.15. The number of hydrogen-bond donors (Lipinski definition) is 2. The lowest BCUT2D eigenvalue weighted by molar-refractivity contribution is 0.0694. The van der Waals surface area contributed by atoms with E-state index in [1.165, 1.54) is 17.7 Å². The molecule has 0 aliphatic heterocycles. The number of halogens is 1. The number of carboxylic acids is 1. The number of aromatic hydroxyl groups is 1. The molecule has 26 heavy (non-hydrogen) atoms. The van der Waals surface area contributed by atoms with E-state index in [9.17, 15) is 15.0 Å². The van der Waals surface area contributed by atoms with Gasteiger partial charge in [0.05, 0.1) is 11.6 Å². The van der Waals surface area contributed by atoms with Crippen LogP contribution >= 0.6 is 11.6 Å². The summed E-state index contributed by atoms with van der Waals surface area (Å²) in [6, 6.07) is 20.3. The van der Waals surface area contributed by atoms with E-state index >= 15 is 0 Å². The maximum Gasteiger partial charge on any atom is 0.339 e. The number of phenols is 1. The lowest BCUT2D eigenvalue weighted by Crippen LogP contribution is -2.01. The minimum absolute atomic E-state index is 0.00435. The van der Waals surface area contributed by atoms with Crippen LogP contribution < -0.4 is 4.74 Å². The van der Waals surface area contributed by atoms with Crippen LogP contribution in [0.5, 0.6) is 11.5 Å². The van der Waals surface area contributed by atoms with Gasteiger partial charge in [-0.05, 0) is 41.0 Å². The number of benzene rings is 3. The lowest BCUT2D eigenvalue weighted by Gasteiger charge is -2.10. The first-order chi connectivity index (χ1) is 12.5. The summed E-state index contributed by atoms with van der Waals surface area (Å²) in [6.45, 7) is 0.532. The number of rotatable bonds is 6. The molecule has 0 aliphatic carbocycles. The zero-order chi connectivity index (χ0) is 18.5. The summed E-state index contributed by atoms with van der Waals surface area (Å²) in [5.41, 5.74) is 2.31. The predicted molar refractivity (Wildman–Crippen MR) is 101 cm³/mol. The highest BCUT2D eigenvalue weighted by molar-refractivity contribution is 6.33. The number of carboxylic acid groups (broad SMARTS) is 1. The van der Waals surface area contributed by atoms with Gasteiger partial charge in [0.1, 0.15) is 17.1 Å². The third-order valence-corrected chi connectivity index (χ3v) is 4.25. The van der Waals surface area contributed by atoms with Gasteiger partial charge in [0.15, 0.2) is 0 Å². The number of ether oxygens (including phenoxy) is 1. The molecule has 2 N–H and O–H groups in total. The number of carbonyl (C=O) groups is 1. The maximum atomic E-state index is 11.3. The SMILES string of the molecule is O=C(O)c1cc(-c2cccc(OCCc3ccccc3)c2)cc(Cl)c1O. The van der Waals surface area contributed by atoms with Gasteiger partial charge in [-0.2, -0.15) is 0 Å². The smallest absolute Gasteiger partial charge is 0.339 e. The van der Waals surface area contributed by atoms with Crippen molar-refractivity contribution in [3.05, 3.63) is 82.9 Å². The largest absolute Gasteiger partial charge is 0.505 e. The van der Waals surface area contributed by atoms with Crippen LogP contribution in [0.3, 0.4) is 0 Å². The van der Waals surface area contributed by atoms with Gasteiger partial charge in [0, 0.05) is 6.42 Å². The minimum Gasteiger partial charge on any atom is -0.505 e. The Kier molecular flexibility index (Phi) is 5.44. The summed E-state index contributed by atoms with van der Waals surface area (Å²) in [7, 11) is 0. The quantitative estimate of drug-likeness (QED) is 0.640. The second-order valence-electron chi connectivity index (χ2n) is 5.77. The Labute approximate surface area is 156 Å². The van der Waals surface area contributed by atoms with Gasteiger partial charge >= 0.3 is 5.97 Å². The molecule has 4 nitrogen and oxygen atoms in total. The molecule has 132 valence electrons. The third kappa shape index (κ3) is 4.16. The molecule has 0 bridgehead atoms. The van der Waals surface area contributed by atoms with Crippen molar-refractivity contribution in [2.75, 3.05) is 6.61 Å². The Morgan fingerprint density at radius 2 is 1.73 bits per heavy atom. The first kappa shape index (κ1) is 17.8. The van der Waals surface area contributed by atoms with Crippen LogP contribution in [-0.4, -0.2) is 22.8 Å². The van der Waals surface area contributed by atoms with Crippen molar-refractivity contribution < 1.29 is 19.7 Å². The van der Waals surface area contributed by atoms with Crippen LogP contribution in [0.1, 0.15) is 15.9 Å². The van der Waals surface area contributed by atoms with Crippen molar-refractivity contribution in [3.63, 3.8) is 0 Å². The second kappa shape index (κ2) is 7.93. The van der Waals surface area contributed by atoms with Crippen molar-refractivity contribution in [1.82, 2.24) is 0 Å². The van der Waals surface area contributed by atoms with Gasteiger partial charge in [-0.15, -0.1) is 0 Å². The molecule has 0 aliphatic rings. The highest BCUT2D eigenvalue weighted by Crippen LogP contribution is 2.34. The van der Waals surface area contributed by atoms with Crippen molar-refractivity contribution in [1.29, 1.82) is 0 Å². The second-order valence-corrected chi connectivity index (χ2v) is 6.18. The van der Waals surface area contributed by atoms with E-state index in [0.717, 1.165) is 12.0 Å². The summed E-state index contributed by atoms with van der Waals surface area (Å²) in [5, 5.41) is 19.0. The van der Waals surface area contributed by atoms with Gasteiger partial charge in [-0.1, -0.05) is 54.1 Å². The Hall–Kier alpha value is -2.98. The molecule has 0 aromatic heterocycles. The summed E-state index contributed by atoms with van der Waals surface area (Å²) in [4.78, 5) is 11.3. The van der Waals surface area contributed by atoms with Crippen molar-refractivity contribution in [2.24, 2.45) is 0 Å². The zero-order valence-electron chi connectivity index (χ0n) is 13.9. The molecule has 0 radical (unpaired) electrons. The summed E-state index contributed by atoms with van der Waals surface area (Å²) in [6.07, 6.45) is 0.791. The Balaban J connectivity index is 1.78. The van der Waals surface area contributed by atoms with Gasteiger partial charge in [0.2, 0.25) is 0 Å². The number of hydrogen-bond acceptors (Lipinski definition) is 3. The molecular formula is C21H17ClO4. The van der Waals surface area contributed by atoms with Crippen LogP contribution in [0.25, 0.3) is 11.1 Å². The molecular weight excluding hydrogens is 352 g/mol. The van der Waals surface area contributed by atoms with E-state index in [-0.39, 0.29) is 10.6 Å². The molecule has 0 heterocycles. The Bertz CT molecular complexity index is 923. The van der Waals surface area contributed by atoms with Crippen LogP contribution in [0, 0.1) is 0 Å². The molecule has 3 aromatic rings. The Morgan fingerprint density at radius 3 is 2.46 bits per heavy atom. The van der Waals surface area contributed by atoms with Gasteiger partial charge in [-0.25, -0.2) is 4.79 Å². The molecule has 3 aromatic carbocycles. The standard InChI is InChI=1S/C21H17ClO4/c22-19-13-16(12-18(20(19)23)21(24)25)15-7-4-8-17(11-15)26-10-9-14-5-2-1-3-6-14/h1-8,11-13,23H,9-10H2,(H,24,25). The zero-order valence-corrected chi connectivity index (χ0v) is 14.6. The fourth-order valence-electron chi connectivity index (χ4n) is 2.63. The summed E-state index contributed by atoms with van der Waals surface area (Å²) >= 11 is 5.96. The monoisotopic (exact) mass is 368 g/mol. The molecule has 0 saturated carbocycles. The average Bonchev–Trinajstić information content (AvgIpc) is 2.65. The van der Waals surface area contributed by atoms with E-state index in [1.807, 2.05) is 54.6 Å². The molecule has 0 fully saturated rings. The topological polar surface area (TPSA) is 66.8 Å². The summed E-state index contributed by atoms with van der Waals surface area (Å²) in [5.74, 6) is -0.987. The number of aromatic carboxylic acids is 1. The van der Waals surface area contributed by atoms with Crippen molar-refractivity contribution in [3.8, 4) is 22.6 Å². The normalized spacial score (nSPS) is 10.5. The third-order valence-electron chi connectivity index (χ3n) is 3.96. The van der Waals surface area contributed by atoms with E-state index in [1.54, 1.807) is 0 Å². The van der Waals surface area contributed by atoms with E-state index in [2.05, 4.69) is 0 Å². The van der Waals surface area contributed by atoms with E-state index in [0.29, 0.717) is 17.9 Å². The molecule has 0 atom stereocenters. The fraction of sp³-hybridized carbons (Fsp3) is 0.0952. The Morgan fingerprint density at radius 1 is 0.962 bits per heavy atom. The average molecular weight is 369 g/mol. The van der Waals surface area contributed by atoms with E-state index in [4.69, 9.17) is 16.3 Å². The van der Waals surface area contributed by atoms with Crippen molar-refractivity contribution in [2.45, 2.75) is 6.42 Å². The van der Waals surface area contributed by atoms with Gasteiger partial charge in [0.25, 0.3) is 0 Å². The first-order valence-corrected chi connectivity index (χ1v) is 8.45. The summed E-state index contributed by atoms with van der Waals surface area (Å²) < 4.78 is 5.81. The fourth-order valence-corrected chi connectivity index (χ4v) is 2.84. The first-order valence-electron chi connectivity index (χ1n) is 8.07. The molecule has 3 rings (SSSR count). The predicted octanol–water partition coefficient (Wildman–Crippen LogP) is 5.03. The van der Waals surface area contributed by atoms with Crippen LogP contribution in [0.15, 0.2) is 66.7 Å². The maximum absolute atomic E-state index is 11.3. The highest BCUT2D eigenvalue weighted by atomic mass is 35.5. The molecule has 0 unspecified atom stereocenters. The van der Waals surface area contributed by atoms with Crippen LogP contribution in [0.2, 0.25) is 5.02 Å². The molecule has 5 heteroatoms. The van der Waals surface area contributed by atoms with Crippen molar-refractivity contribution >= 4 is 17.6 Å².